The third-order valence-electron chi connectivity index (χ3n) is 4.78. The van der Waals surface area contributed by atoms with Crippen molar-refractivity contribution >= 4 is 21.6 Å². The van der Waals surface area contributed by atoms with E-state index >= 15 is 0 Å². The Morgan fingerprint density at radius 1 is 1.20 bits per heavy atom. The Hall–Kier alpha value is -1.26. The minimum atomic E-state index is -0.833. The van der Waals surface area contributed by atoms with Crippen LogP contribution >= 0.6 is 0 Å². The van der Waals surface area contributed by atoms with Gasteiger partial charge in [0.1, 0.15) is 0 Å². The van der Waals surface area contributed by atoms with Crippen LogP contribution in [0.15, 0.2) is 36.7 Å². The van der Waals surface area contributed by atoms with Crippen molar-refractivity contribution in [2.45, 2.75) is 41.8 Å². The van der Waals surface area contributed by atoms with Gasteiger partial charge in [0.25, 0.3) is 0 Å². The topological polar surface area (TPSA) is 50.2 Å². The molecule has 2 aromatic rings. The van der Waals surface area contributed by atoms with Gasteiger partial charge in [-0.3, -0.25) is 9.19 Å². The first kappa shape index (κ1) is 12.5. The number of aromatic nitrogens is 1. The fraction of sp³-hybridized carbons (Fsp3) is 0.438. The Balaban J connectivity index is 1.85. The third-order valence-corrected chi connectivity index (χ3v) is 6.90. The Morgan fingerprint density at radius 2 is 1.95 bits per heavy atom. The van der Waals surface area contributed by atoms with Crippen molar-refractivity contribution in [3.05, 3.63) is 42.2 Å². The highest BCUT2D eigenvalue weighted by atomic mass is 32.2. The van der Waals surface area contributed by atoms with Crippen LogP contribution in [0.1, 0.15) is 31.2 Å². The van der Waals surface area contributed by atoms with Crippen LogP contribution in [0.2, 0.25) is 0 Å². The van der Waals surface area contributed by atoms with Gasteiger partial charge in [-0.25, -0.2) is 0 Å². The summed E-state index contributed by atoms with van der Waals surface area (Å²) in [6, 6.07) is 7.97. The molecule has 3 heterocycles. The van der Waals surface area contributed by atoms with Gasteiger partial charge in [-0.15, -0.1) is 0 Å². The van der Waals surface area contributed by atoms with Gasteiger partial charge in [0, 0.05) is 39.1 Å². The molecule has 4 rings (SSSR count). The van der Waals surface area contributed by atoms with Gasteiger partial charge >= 0.3 is 0 Å². The largest absolute Gasteiger partial charge is 0.385 e. The highest BCUT2D eigenvalue weighted by Crippen LogP contribution is 2.47. The molecule has 2 aliphatic rings. The van der Waals surface area contributed by atoms with Crippen molar-refractivity contribution in [3.63, 3.8) is 0 Å². The van der Waals surface area contributed by atoms with E-state index in [4.69, 9.17) is 0 Å². The lowest BCUT2D eigenvalue weighted by molar-refractivity contribution is 0.0199. The molecule has 2 unspecified atom stereocenters. The van der Waals surface area contributed by atoms with Crippen LogP contribution in [0.25, 0.3) is 10.8 Å². The number of aliphatic hydroxyl groups is 1. The smallest absolute Gasteiger partial charge is 0.0925 e. The summed E-state index contributed by atoms with van der Waals surface area (Å²) in [7, 11) is -0.745. The minimum Gasteiger partial charge on any atom is -0.385 e. The summed E-state index contributed by atoms with van der Waals surface area (Å²) < 4.78 is 12.2. The summed E-state index contributed by atoms with van der Waals surface area (Å²) in [6.45, 7) is 0. The van der Waals surface area contributed by atoms with E-state index in [0.29, 0.717) is 12.8 Å². The van der Waals surface area contributed by atoms with Crippen molar-refractivity contribution in [2.24, 2.45) is 0 Å². The van der Waals surface area contributed by atoms with Crippen LogP contribution in [0, 0.1) is 0 Å². The predicted molar refractivity (Wildman–Crippen MR) is 79.8 cm³/mol. The van der Waals surface area contributed by atoms with Crippen LogP contribution < -0.4 is 0 Å². The van der Waals surface area contributed by atoms with E-state index in [0.717, 1.165) is 29.2 Å². The maximum atomic E-state index is 12.2. The Kier molecular flexibility index (Phi) is 2.72. The van der Waals surface area contributed by atoms with Crippen molar-refractivity contribution in [2.75, 3.05) is 0 Å². The van der Waals surface area contributed by atoms with E-state index in [2.05, 4.69) is 4.98 Å². The van der Waals surface area contributed by atoms with Gasteiger partial charge < -0.3 is 5.11 Å². The molecule has 1 N–H and O–H groups in total. The van der Waals surface area contributed by atoms with Gasteiger partial charge in [-0.2, -0.15) is 0 Å². The van der Waals surface area contributed by atoms with Crippen molar-refractivity contribution in [1.29, 1.82) is 0 Å². The lowest BCUT2D eigenvalue weighted by Crippen LogP contribution is -2.40. The zero-order valence-electron chi connectivity index (χ0n) is 11.2. The number of benzene rings is 1. The summed E-state index contributed by atoms with van der Waals surface area (Å²) in [5.41, 5.74) is 0.145. The number of hydrogen-bond donors (Lipinski definition) is 1. The van der Waals surface area contributed by atoms with Gasteiger partial charge in [0.2, 0.25) is 0 Å². The van der Waals surface area contributed by atoms with Crippen molar-refractivity contribution in [1.82, 2.24) is 4.98 Å². The second kappa shape index (κ2) is 4.37. The highest BCUT2D eigenvalue weighted by Gasteiger charge is 2.48. The number of nitrogens with zero attached hydrogens (tertiary/aromatic N) is 1. The SMILES string of the molecule is O=S1C2CCC1CC(O)(c1cccc3cnccc13)C2. The van der Waals surface area contributed by atoms with Crippen molar-refractivity contribution in [3.8, 4) is 0 Å². The molecular formula is C16H17NO2S. The molecule has 104 valence electrons. The minimum absolute atomic E-state index is 0.163. The Morgan fingerprint density at radius 3 is 2.70 bits per heavy atom. The Labute approximate surface area is 120 Å². The molecule has 2 aliphatic heterocycles. The second-order valence-electron chi connectivity index (χ2n) is 5.99. The molecule has 0 radical (unpaired) electrons. The fourth-order valence-corrected chi connectivity index (χ4v) is 5.99. The quantitative estimate of drug-likeness (QED) is 0.876. The monoisotopic (exact) mass is 287 g/mol. The summed E-state index contributed by atoms with van der Waals surface area (Å²) in [4.78, 5) is 4.15. The molecule has 1 aromatic carbocycles. The lowest BCUT2D eigenvalue weighted by atomic mass is 9.83. The molecule has 0 aliphatic carbocycles. The number of pyridine rings is 1. The molecule has 2 fully saturated rings. The first-order chi connectivity index (χ1) is 9.67. The van der Waals surface area contributed by atoms with Crippen LogP contribution in [0.4, 0.5) is 0 Å². The highest BCUT2D eigenvalue weighted by molar-refractivity contribution is 7.86. The van der Waals surface area contributed by atoms with E-state index in [-0.39, 0.29) is 10.5 Å². The molecule has 2 saturated heterocycles. The van der Waals surface area contributed by atoms with E-state index < -0.39 is 16.4 Å². The molecule has 2 atom stereocenters. The first-order valence-corrected chi connectivity index (χ1v) is 8.40. The van der Waals surface area contributed by atoms with Crippen LogP contribution in [-0.2, 0) is 16.4 Å². The Bertz CT molecular complexity index is 678. The summed E-state index contributed by atoms with van der Waals surface area (Å²) in [6.07, 6.45) is 6.83. The van der Waals surface area contributed by atoms with E-state index in [1.165, 1.54) is 0 Å². The molecule has 4 heteroatoms. The number of rotatable bonds is 1. The fourth-order valence-electron chi connectivity index (χ4n) is 3.83. The zero-order chi connectivity index (χ0) is 13.7. The maximum Gasteiger partial charge on any atom is 0.0925 e. The number of hydrogen-bond acceptors (Lipinski definition) is 3. The molecular weight excluding hydrogens is 270 g/mol. The van der Waals surface area contributed by atoms with Gasteiger partial charge in [-0.05, 0) is 42.7 Å². The van der Waals surface area contributed by atoms with Gasteiger partial charge in [0.15, 0.2) is 0 Å². The molecule has 0 saturated carbocycles. The van der Waals surface area contributed by atoms with E-state index in [1.54, 1.807) is 6.20 Å². The summed E-state index contributed by atoms with van der Waals surface area (Å²) >= 11 is 0. The van der Waals surface area contributed by atoms with E-state index in [1.807, 2.05) is 30.5 Å². The predicted octanol–water partition coefficient (Wildman–Crippen LogP) is 2.50. The molecule has 0 amide bonds. The molecule has 0 spiro atoms. The van der Waals surface area contributed by atoms with E-state index in [9.17, 15) is 9.32 Å². The van der Waals surface area contributed by atoms with Crippen LogP contribution in [0.5, 0.6) is 0 Å². The lowest BCUT2D eigenvalue weighted by Gasteiger charge is -2.37. The second-order valence-corrected chi connectivity index (χ2v) is 7.98. The van der Waals surface area contributed by atoms with Gasteiger partial charge in [-0.1, -0.05) is 18.2 Å². The summed E-state index contributed by atoms with van der Waals surface area (Å²) in [5.74, 6) is 0. The van der Waals surface area contributed by atoms with Crippen LogP contribution in [0.3, 0.4) is 0 Å². The first-order valence-electron chi connectivity index (χ1n) is 7.12. The maximum absolute atomic E-state index is 12.2. The van der Waals surface area contributed by atoms with Crippen LogP contribution in [-0.4, -0.2) is 24.8 Å². The zero-order valence-corrected chi connectivity index (χ0v) is 12.0. The third kappa shape index (κ3) is 1.75. The normalized spacial score (nSPS) is 36.4. The van der Waals surface area contributed by atoms with Crippen molar-refractivity contribution < 1.29 is 9.32 Å². The molecule has 2 bridgehead atoms. The van der Waals surface area contributed by atoms with Gasteiger partial charge in [0.05, 0.1) is 5.60 Å². The molecule has 3 nitrogen and oxygen atoms in total. The molecule has 20 heavy (non-hydrogen) atoms. The number of fused-ring (bicyclic) bond motifs is 3. The standard InChI is InChI=1S/C16H17NO2S/c18-16(8-12-4-5-13(9-16)20(12)19)15-3-1-2-11-10-17-7-6-14(11)15/h1-3,6-7,10,12-13,18H,4-5,8-9H2. The molecule has 1 aromatic heterocycles. The average molecular weight is 287 g/mol. The summed E-state index contributed by atoms with van der Waals surface area (Å²) in [5, 5.41) is 13.6. The average Bonchev–Trinajstić information content (AvgIpc) is 2.70.